The molecule has 7 heteroatoms. The van der Waals surface area contributed by atoms with E-state index in [1.165, 1.54) is 4.88 Å². The topological polar surface area (TPSA) is 42.7 Å². The molecule has 0 spiro atoms. The number of thiophene rings is 1. The van der Waals surface area contributed by atoms with E-state index in [9.17, 15) is 0 Å². The lowest BCUT2D eigenvalue weighted by molar-refractivity contribution is 0.574. The predicted molar refractivity (Wildman–Crippen MR) is 76.2 cm³/mol. The van der Waals surface area contributed by atoms with Crippen LogP contribution in [0.1, 0.15) is 23.5 Å². The van der Waals surface area contributed by atoms with Gasteiger partial charge >= 0.3 is 0 Å². The molecule has 0 amide bonds. The minimum absolute atomic E-state index is 0.132. The average molecular weight is 380 g/mol. The first kappa shape index (κ1) is 13.2. The summed E-state index contributed by atoms with van der Waals surface area (Å²) in [6.45, 7) is 2.98. The molecule has 2 aromatic heterocycles. The Hall–Kier alpha value is -0.240. The minimum atomic E-state index is 0.132. The van der Waals surface area contributed by atoms with E-state index in [0.717, 1.165) is 20.5 Å². The van der Waals surface area contributed by atoms with Gasteiger partial charge in [0.2, 0.25) is 0 Å². The maximum atomic E-state index is 3.98. The van der Waals surface area contributed by atoms with E-state index in [1.54, 1.807) is 22.2 Å². The van der Waals surface area contributed by atoms with Crippen molar-refractivity contribution in [1.82, 2.24) is 20.3 Å². The molecule has 0 saturated heterocycles. The fourth-order valence-corrected chi connectivity index (χ4v) is 3.80. The van der Waals surface area contributed by atoms with Gasteiger partial charge in [-0.1, -0.05) is 12.1 Å². The van der Waals surface area contributed by atoms with Crippen LogP contribution in [0.3, 0.4) is 0 Å². The highest BCUT2D eigenvalue weighted by molar-refractivity contribution is 9.13. The number of halogens is 2. The van der Waals surface area contributed by atoms with Gasteiger partial charge < -0.3 is 5.32 Å². The van der Waals surface area contributed by atoms with Crippen LogP contribution in [0.25, 0.3) is 0 Å². The van der Waals surface area contributed by atoms with Gasteiger partial charge in [-0.25, -0.2) is 0 Å². The Morgan fingerprint density at radius 3 is 2.76 bits per heavy atom. The Bertz CT molecular complexity index is 489. The number of aryl methyl sites for hydroxylation is 1. The molecule has 0 aliphatic heterocycles. The zero-order chi connectivity index (χ0) is 12.4. The van der Waals surface area contributed by atoms with Crippen LogP contribution in [0.15, 0.2) is 20.5 Å². The third kappa shape index (κ3) is 2.78. The van der Waals surface area contributed by atoms with Crippen LogP contribution >= 0.6 is 43.2 Å². The van der Waals surface area contributed by atoms with Crippen molar-refractivity contribution in [2.45, 2.75) is 13.0 Å². The molecular weight excluding hydrogens is 368 g/mol. The molecule has 1 N–H and O–H groups in total. The van der Waals surface area contributed by atoms with E-state index in [2.05, 4.69) is 60.5 Å². The average Bonchev–Trinajstić information content (AvgIpc) is 2.83. The van der Waals surface area contributed by atoms with Gasteiger partial charge in [0.1, 0.15) is 0 Å². The molecule has 4 nitrogen and oxygen atoms in total. The van der Waals surface area contributed by atoms with Gasteiger partial charge in [-0.2, -0.15) is 0 Å². The summed E-state index contributed by atoms with van der Waals surface area (Å²) in [7, 11) is 1.91. The summed E-state index contributed by atoms with van der Waals surface area (Å²) in [5.74, 6) is 0. The number of nitrogens with one attached hydrogen (secondary N) is 1. The quantitative estimate of drug-likeness (QED) is 0.887. The summed E-state index contributed by atoms with van der Waals surface area (Å²) in [4.78, 5) is 1.23. The zero-order valence-electron chi connectivity index (χ0n) is 9.44. The molecule has 2 aromatic rings. The normalized spacial score (nSPS) is 12.9. The lowest BCUT2D eigenvalue weighted by Crippen LogP contribution is -2.23. The van der Waals surface area contributed by atoms with Crippen molar-refractivity contribution >= 4 is 43.2 Å². The van der Waals surface area contributed by atoms with Crippen molar-refractivity contribution < 1.29 is 0 Å². The summed E-state index contributed by atoms with van der Waals surface area (Å²) in [5, 5.41) is 11.4. The van der Waals surface area contributed by atoms with Crippen LogP contribution in [-0.2, 0) is 7.05 Å². The monoisotopic (exact) mass is 378 g/mol. The van der Waals surface area contributed by atoms with Gasteiger partial charge in [-0.05, 0) is 44.5 Å². The van der Waals surface area contributed by atoms with Crippen LogP contribution in [0.2, 0.25) is 0 Å². The zero-order valence-corrected chi connectivity index (χ0v) is 13.4. The Balaban J connectivity index is 2.39. The fraction of sp³-hybridized carbons (Fsp3) is 0.400. The van der Waals surface area contributed by atoms with Crippen molar-refractivity contribution in [3.8, 4) is 0 Å². The van der Waals surface area contributed by atoms with E-state index >= 15 is 0 Å². The van der Waals surface area contributed by atoms with Crippen LogP contribution in [0.5, 0.6) is 0 Å². The van der Waals surface area contributed by atoms with Crippen LogP contribution in [0, 0.1) is 0 Å². The minimum Gasteiger partial charge on any atom is -0.305 e. The third-order valence-corrected chi connectivity index (χ3v) is 5.72. The van der Waals surface area contributed by atoms with E-state index < -0.39 is 0 Å². The van der Waals surface area contributed by atoms with E-state index in [-0.39, 0.29) is 6.04 Å². The first-order valence-corrected chi connectivity index (χ1v) is 7.56. The standard InChI is InChI=1S/C10H12Br2N4S/c1-3-13-9(7-5-14-15-16(7)2)8-4-6(11)10(12)17-8/h4-5,9,13H,3H2,1-2H3. The second-order valence-corrected chi connectivity index (χ2v) is 6.80. The summed E-state index contributed by atoms with van der Waals surface area (Å²) in [5.41, 5.74) is 1.06. The molecule has 17 heavy (non-hydrogen) atoms. The summed E-state index contributed by atoms with van der Waals surface area (Å²) in [6, 6.07) is 2.25. The van der Waals surface area contributed by atoms with Crippen LogP contribution in [-0.4, -0.2) is 21.5 Å². The molecule has 0 bridgehead atoms. The lowest BCUT2D eigenvalue weighted by Gasteiger charge is -2.15. The maximum Gasteiger partial charge on any atom is 0.0858 e. The molecule has 2 heterocycles. The molecule has 0 radical (unpaired) electrons. The fourth-order valence-electron chi connectivity index (χ4n) is 1.62. The second kappa shape index (κ2) is 5.60. The van der Waals surface area contributed by atoms with E-state index in [1.807, 2.05) is 7.05 Å². The molecule has 0 aromatic carbocycles. The van der Waals surface area contributed by atoms with Gasteiger partial charge in [-0.15, -0.1) is 16.4 Å². The Morgan fingerprint density at radius 1 is 1.53 bits per heavy atom. The highest BCUT2D eigenvalue weighted by Gasteiger charge is 2.20. The second-order valence-electron chi connectivity index (χ2n) is 3.54. The summed E-state index contributed by atoms with van der Waals surface area (Å²) < 4.78 is 3.98. The molecule has 1 unspecified atom stereocenters. The highest BCUT2D eigenvalue weighted by Crippen LogP contribution is 2.37. The Kier molecular flexibility index (Phi) is 4.35. The molecule has 0 fully saturated rings. The maximum absolute atomic E-state index is 3.98. The number of nitrogens with zero attached hydrogens (tertiary/aromatic N) is 3. The van der Waals surface area contributed by atoms with E-state index in [4.69, 9.17) is 0 Å². The lowest BCUT2D eigenvalue weighted by atomic mass is 10.2. The predicted octanol–water partition coefficient (Wildman–Crippen LogP) is 3.10. The SMILES string of the molecule is CCNC(c1cc(Br)c(Br)s1)c1cnnn1C. The first-order chi connectivity index (χ1) is 8.13. The van der Waals surface area contributed by atoms with Crippen molar-refractivity contribution in [2.24, 2.45) is 7.05 Å². The molecule has 0 aliphatic rings. The number of rotatable bonds is 4. The van der Waals surface area contributed by atoms with Gasteiger partial charge in [0.15, 0.2) is 0 Å². The third-order valence-electron chi connectivity index (χ3n) is 2.40. The molecule has 92 valence electrons. The number of hydrogen-bond donors (Lipinski definition) is 1. The van der Waals surface area contributed by atoms with Crippen molar-refractivity contribution in [1.29, 1.82) is 0 Å². The summed E-state index contributed by atoms with van der Waals surface area (Å²) in [6.07, 6.45) is 1.80. The van der Waals surface area contributed by atoms with Gasteiger partial charge in [0.25, 0.3) is 0 Å². The van der Waals surface area contributed by atoms with Crippen LogP contribution in [0.4, 0.5) is 0 Å². The molecule has 1 atom stereocenters. The number of hydrogen-bond acceptors (Lipinski definition) is 4. The smallest absolute Gasteiger partial charge is 0.0858 e. The Labute approximate surface area is 121 Å². The number of aromatic nitrogens is 3. The molecular formula is C10H12Br2N4S. The molecule has 0 saturated carbocycles. The van der Waals surface area contributed by atoms with Crippen molar-refractivity contribution in [2.75, 3.05) is 6.54 Å². The molecule has 2 rings (SSSR count). The van der Waals surface area contributed by atoms with Crippen molar-refractivity contribution in [3.63, 3.8) is 0 Å². The molecule has 0 aliphatic carbocycles. The van der Waals surface area contributed by atoms with Gasteiger partial charge in [-0.3, -0.25) is 4.68 Å². The largest absolute Gasteiger partial charge is 0.305 e. The highest BCUT2D eigenvalue weighted by atomic mass is 79.9. The van der Waals surface area contributed by atoms with Gasteiger partial charge in [0, 0.05) is 16.4 Å². The first-order valence-electron chi connectivity index (χ1n) is 5.16. The summed E-state index contributed by atoms with van der Waals surface area (Å²) >= 11 is 8.75. The van der Waals surface area contributed by atoms with Gasteiger partial charge in [0.05, 0.1) is 21.7 Å². The van der Waals surface area contributed by atoms with Crippen LogP contribution < -0.4 is 5.32 Å². The Morgan fingerprint density at radius 2 is 2.29 bits per heavy atom. The van der Waals surface area contributed by atoms with E-state index in [0.29, 0.717) is 0 Å². The van der Waals surface area contributed by atoms with Crippen molar-refractivity contribution in [3.05, 3.63) is 31.1 Å².